The lowest BCUT2D eigenvalue weighted by atomic mass is 9.94. The van der Waals surface area contributed by atoms with Gasteiger partial charge >= 0.3 is 0 Å². The SMILES string of the molecule is N#CC1(Cc2cc(Br)cc3c2OCC3)CCCS1. The molecule has 1 saturated heterocycles. The molecule has 0 saturated carbocycles. The summed E-state index contributed by atoms with van der Waals surface area (Å²) >= 11 is 5.36. The van der Waals surface area contributed by atoms with E-state index < -0.39 is 0 Å². The number of rotatable bonds is 2. The highest BCUT2D eigenvalue weighted by atomic mass is 79.9. The Kier molecular flexibility index (Phi) is 3.29. The van der Waals surface area contributed by atoms with Crippen LogP contribution in [0, 0.1) is 11.3 Å². The Morgan fingerprint density at radius 2 is 2.39 bits per heavy atom. The molecule has 0 bridgehead atoms. The van der Waals surface area contributed by atoms with Crippen LogP contribution in [0.3, 0.4) is 0 Å². The van der Waals surface area contributed by atoms with Gasteiger partial charge in [0.05, 0.1) is 12.7 Å². The zero-order valence-electron chi connectivity index (χ0n) is 10.0. The van der Waals surface area contributed by atoms with Crippen LogP contribution in [-0.4, -0.2) is 17.1 Å². The van der Waals surface area contributed by atoms with Gasteiger partial charge in [0.1, 0.15) is 10.5 Å². The normalized spacial score (nSPS) is 25.6. The molecule has 1 fully saturated rings. The monoisotopic (exact) mass is 323 g/mol. The molecular formula is C14H14BrNOS. The maximum Gasteiger partial charge on any atom is 0.125 e. The number of ether oxygens (including phenoxy) is 1. The van der Waals surface area contributed by atoms with Crippen molar-refractivity contribution in [3.63, 3.8) is 0 Å². The van der Waals surface area contributed by atoms with Gasteiger partial charge in [-0.2, -0.15) is 5.26 Å². The van der Waals surface area contributed by atoms with Crippen molar-refractivity contribution in [1.82, 2.24) is 0 Å². The van der Waals surface area contributed by atoms with Crippen LogP contribution >= 0.6 is 27.7 Å². The molecule has 94 valence electrons. The Balaban J connectivity index is 1.96. The average Bonchev–Trinajstić information content (AvgIpc) is 2.98. The first kappa shape index (κ1) is 12.4. The van der Waals surface area contributed by atoms with Crippen LogP contribution in [-0.2, 0) is 12.8 Å². The van der Waals surface area contributed by atoms with Gasteiger partial charge in [-0.05, 0) is 41.9 Å². The smallest absolute Gasteiger partial charge is 0.125 e. The molecule has 1 atom stereocenters. The molecule has 1 aromatic rings. The van der Waals surface area contributed by atoms with Crippen molar-refractivity contribution in [2.75, 3.05) is 12.4 Å². The summed E-state index contributed by atoms with van der Waals surface area (Å²) in [5.74, 6) is 2.13. The van der Waals surface area contributed by atoms with Crippen LogP contribution in [0.4, 0.5) is 0 Å². The van der Waals surface area contributed by atoms with Gasteiger partial charge in [0.15, 0.2) is 0 Å². The lowest BCUT2D eigenvalue weighted by Gasteiger charge is -2.20. The first-order chi connectivity index (χ1) is 8.72. The highest BCUT2D eigenvalue weighted by Crippen LogP contribution is 2.43. The molecule has 0 radical (unpaired) electrons. The van der Waals surface area contributed by atoms with E-state index in [0.29, 0.717) is 0 Å². The molecule has 4 heteroatoms. The molecular weight excluding hydrogens is 310 g/mol. The molecule has 0 aromatic heterocycles. The van der Waals surface area contributed by atoms with Crippen LogP contribution in [0.15, 0.2) is 16.6 Å². The minimum absolute atomic E-state index is 0.236. The van der Waals surface area contributed by atoms with Crippen molar-refractivity contribution in [3.8, 4) is 11.8 Å². The summed E-state index contributed by atoms with van der Waals surface area (Å²) in [5.41, 5.74) is 2.46. The minimum Gasteiger partial charge on any atom is -0.493 e. The number of hydrogen-bond acceptors (Lipinski definition) is 3. The summed E-state index contributed by atoms with van der Waals surface area (Å²) in [6.45, 7) is 0.769. The third kappa shape index (κ3) is 2.15. The van der Waals surface area contributed by atoms with E-state index in [9.17, 15) is 5.26 Å². The number of halogens is 1. The van der Waals surface area contributed by atoms with Crippen molar-refractivity contribution in [1.29, 1.82) is 5.26 Å². The maximum absolute atomic E-state index is 9.47. The largest absolute Gasteiger partial charge is 0.493 e. The van der Waals surface area contributed by atoms with Crippen LogP contribution in [0.5, 0.6) is 5.75 Å². The molecule has 0 spiro atoms. The maximum atomic E-state index is 9.47. The van der Waals surface area contributed by atoms with Crippen molar-refractivity contribution < 1.29 is 4.74 Å². The van der Waals surface area contributed by atoms with Gasteiger partial charge in [-0.3, -0.25) is 0 Å². The topological polar surface area (TPSA) is 33.0 Å². The fraction of sp³-hybridized carbons (Fsp3) is 0.500. The predicted molar refractivity (Wildman–Crippen MR) is 77.1 cm³/mol. The van der Waals surface area contributed by atoms with Gasteiger partial charge in [-0.25, -0.2) is 0 Å². The van der Waals surface area contributed by atoms with Gasteiger partial charge in [0, 0.05) is 17.3 Å². The third-order valence-electron chi connectivity index (χ3n) is 3.61. The van der Waals surface area contributed by atoms with E-state index in [-0.39, 0.29) is 4.75 Å². The number of nitrogens with zero attached hydrogens (tertiary/aromatic N) is 1. The van der Waals surface area contributed by atoms with E-state index in [1.54, 1.807) is 11.8 Å². The first-order valence-electron chi connectivity index (χ1n) is 6.22. The van der Waals surface area contributed by atoms with Crippen molar-refractivity contribution in [2.45, 2.75) is 30.4 Å². The summed E-state index contributed by atoms with van der Waals surface area (Å²) in [6, 6.07) is 6.77. The van der Waals surface area contributed by atoms with E-state index in [2.05, 4.69) is 34.1 Å². The summed E-state index contributed by atoms with van der Waals surface area (Å²) in [5, 5.41) is 9.47. The van der Waals surface area contributed by atoms with E-state index in [1.807, 2.05) is 0 Å². The molecule has 18 heavy (non-hydrogen) atoms. The molecule has 3 rings (SSSR count). The highest BCUT2D eigenvalue weighted by molar-refractivity contribution is 9.10. The Hall–Kier alpha value is -0.660. The van der Waals surface area contributed by atoms with E-state index >= 15 is 0 Å². The molecule has 1 aromatic carbocycles. The number of thioether (sulfide) groups is 1. The standard InChI is InChI=1S/C14H14BrNOS/c15-12-6-10-2-4-17-13(10)11(7-12)8-14(9-16)3-1-5-18-14/h6-7H,1-5,8H2. The first-order valence-corrected chi connectivity index (χ1v) is 8.00. The number of benzene rings is 1. The van der Waals surface area contributed by atoms with Crippen LogP contribution in [0.2, 0.25) is 0 Å². The van der Waals surface area contributed by atoms with Crippen LogP contribution < -0.4 is 4.74 Å². The Bertz CT molecular complexity index is 517. The quantitative estimate of drug-likeness (QED) is 0.831. The van der Waals surface area contributed by atoms with E-state index in [4.69, 9.17) is 4.74 Å². The van der Waals surface area contributed by atoms with Crippen molar-refractivity contribution in [2.24, 2.45) is 0 Å². The number of hydrogen-bond donors (Lipinski definition) is 0. The second-order valence-corrected chi connectivity index (χ2v) is 7.28. The molecule has 1 unspecified atom stereocenters. The molecule has 2 aliphatic heterocycles. The second kappa shape index (κ2) is 4.79. The second-order valence-electron chi connectivity index (χ2n) is 4.89. The fourth-order valence-electron chi connectivity index (χ4n) is 2.75. The summed E-state index contributed by atoms with van der Waals surface area (Å²) < 4.78 is 6.60. The van der Waals surface area contributed by atoms with E-state index in [0.717, 1.165) is 48.3 Å². The molecule has 0 amide bonds. The predicted octanol–water partition coefficient (Wildman–Crippen LogP) is 3.72. The molecule has 2 heterocycles. The summed E-state index contributed by atoms with van der Waals surface area (Å²) in [6.07, 6.45) is 3.93. The van der Waals surface area contributed by atoms with Crippen LogP contribution in [0.1, 0.15) is 24.0 Å². The molecule has 0 N–H and O–H groups in total. The Morgan fingerprint density at radius 1 is 1.50 bits per heavy atom. The highest BCUT2D eigenvalue weighted by Gasteiger charge is 2.36. The fourth-order valence-corrected chi connectivity index (χ4v) is 4.59. The van der Waals surface area contributed by atoms with Crippen molar-refractivity contribution in [3.05, 3.63) is 27.7 Å². The molecule has 2 nitrogen and oxygen atoms in total. The zero-order valence-corrected chi connectivity index (χ0v) is 12.4. The number of nitriles is 1. The van der Waals surface area contributed by atoms with Gasteiger partial charge in [0.25, 0.3) is 0 Å². The van der Waals surface area contributed by atoms with Gasteiger partial charge in [0.2, 0.25) is 0 Å². The summed E-state index contributed by atoms with van der Waals surface area (Å²) in [7, 11) is 0. The van der Waals surface area contributed by atoms with Crippen molar-refractivity contribution >= 4 is 27.7 Å². The zero-order chi connectivity index (χ0) is 12.6. The molecule has 2 aliphatic rings. The summed E-state index contributed by atoms with van der Waals surface area (Å²) in [4.78, 5) is 0. The van der Waals surface area contributed by atoms with Gasteiger partial charge < -0.3 is 4.74 Å². The minimum atomic E-state index is -0.236. The van der Waals surface area contributed by atoms with Gasteiger partial charge in [-0.1, -0.05) is 15.9 Å². The molecule has 0 aliphatic carbocycles. The third-order valence-corrected chi connectivity index (χ3v) is 5.55. The van der Waals surface area contributed by atoms with Crippen LogP contribution in [0.25, 0.3) is 0 Å². The lowest BCUT2D eigenvalue weighted by Crippen LogP contribution is -2.22. The van der Waals surface area contributed by atoms with Gasteiger partial charge in [-0.15, -0.1) is 11.8 Å². The average molecular weight is 324 g/mol. The lowest BCUT2D eigenvalue weighted by molar-refractivity contribution is 0.352. The number of fused-ring (bicyclic) bond motifs is 1. The Morgan fingerprint density at radius 3 is 3.11 bits per heavy atom. The Labute approximate surface area is 120 Å². The van der Waals surface area contributed by atoms with E-state index in [1.165, 1.54) is 11.1 Å².